The van der Waals surface area contributed by atoms with Crippen molar-refractivity contribution >= 4 is 38.4 Å². The topological polar surface area (TPSA) is 133 Å². The molecule has 2 aromatic heterocycles. The van der Waals surface area contributed by atoms with Crippen molar-refractivity contribution in [2.75, 3.05) is 12.0 Å². The van der Waals surface area contributed by atoms with Crippen LogP contribution in [0.4, 0.5) is 10.1 Å². The highest BCUT2D eigenvalue weighted by Gasteiger charge is 2.35. The molecule has 0 unspecified atom stereocenters. The molecule has 1 amide bonds. The van der Waals surface area contributed by atoms with Crippen LogP contribution < -0.4 is 14.8 Å². The van der Waals surface area contributed by atoms with Crippen LogP contribution in [-0.2, 0) is 32.6 Å². The van der Waals surface area contributed by atoms with Crippen LogP contribution >= 0.6 is 0 Å². The number of sulfonamides is 1. The maximum Gasteiger partial charge on any atom is 0.295 e. The fourth-order valence-electron chi connectivity index (χ4n) is 4.20. The number of benzene rings is 1. The van der Waals surface area contributed by atoms with E-state index in [1.54, 1.807) is 12.1 Å². The molecule has 0 spiro atoms. The third-order valence-electron chi connectivity index (χ3n) is 5.86. The number of Topliss-reactive ketones (excluding diaryl/α,β-unsaturated/α-hetero) is 1. The number of aromatic nitrogens is 2. The van der Waals surface area contributed by atoms with Gasteiger partial charge in [0.2, 0.25) is 15.8 Å². The van der Waals surface area contributed by atoms with Gasteiger partial charge in [0, 0.05) is 23.6 Å². The van der Waals surface area contributed by atoms with Gasteiger partial charge in [-0.15, -0.1) is 0 Å². The van der Waals surface area contributed by atoms with Crippen molar-refractivity contribution in [2.45, 2.75) is 36.6 Å². The minimum atomic E-state index is -3.90. The Balaban J connectivity index is 1.64. The standard InChI is InChI=1S/C22H19FN4O5S/c1-32-21-16(23)8-15-19-13(9-25-20(15)26-21)7-17(28)22(29)27(19)10-11-2-5-18(33(24,30)31)14(6-11)12-3-4-12/h2,5-6,8-9,12H,3-4,7,10H2,1H3,(H2,24,30,31). The van der Waals surface area contributed by atoms with Crippen LogP contribution in [0.25, 0.3) is 11.0 Å². The summed E-state index contributed by atoms with van der Waals surface area (Å²) < 4.78 is 43.4. The van der Waals surface area contributed by atoms with Crippen LogP contribution in [0.3, 0.4) is 0 Å². The molecule has 0 atom stereocenters. The zero-order valence-corrected chi connectivity index (χ0v) is 18.4. The molecule has 9 nitrogen and oxygen atoms in total. The van der Waals surface area contributed by atoms with E-state index in [9.17, 15) is 22.4 Å². The lowest BCUT2D eigenvalue weighted by molar-refractivity contribution is -0.136. The summed E-state index contributed by atoms with van der Waals surface area (Å²) in [5, 5.41) is 5.64. The average molecular weight is 470 g/mol. The molecule has 5 rings (SSSR count). The van der Waals surface area contributed by atoms with Crippen molar-refractivity contribution in [1.82, 2.24) is 9.97 Å². The molecular formula is C22H19FN4O5S. The third kappa shape index (κ3) is 3.72. The Morgan fingerprint density at radius 3 is 2.67 bits per heavy atom. The lowest BCUT2D eigenvalue weighted by Crippen LogP contribution is -2.41. The monoisotopic (exact) mass is 470 g/mol. The summed E-state index contributed by atoms with van der Waals surface area (Å²) in [5.41, 5.74) is 2.21. The Labute approximate surface area is 188 Å². The van der Waals surface area contributed by atoms with Crippen molar-refractivity contribution in [2.24, 2.45) is 5.14 Å². The fraction of sp³-hybridized carbons (Fsp3) is 0.273. The van der Waals surface area contributed by atoms with E-state index in [4.69, 9.17) is 9.88 Å². The molecule has 0 bridgehead atoms. The minimum Gasteiger partial charge on any atom is -0.479 e. The van der Waals surface area contributed by atoms with Crippen molar-refractivity contribution in [3.63, 3.8) is 0 Å². The third-order valence-corrected chi connectivity index (χ3v) is 6.85. The summed E-state index contributed by atoms with van der Waals surface area (Å²) in [4.78, 5) is 34.9. The van der Waals surface area contributed by atoms with Crippen LogP contribution in [0, 0.1) is 5.82 Å². The molecular weight excluding hydrogens is 451 g/mol. The first-order chi connectivity index (χ1) is 15.7. The van der Waals surface area contributed by atoms with Gasteiger partial charge in [0.1, 0.15) is 0 Å². The summed E-state index contributed by atoms with van der Waals surface area (Å²) in [5.74, 6) is -2.23. The van der Waals surface area contributed by atoms with Crippen LogP contribution in [0.5, 0.6) is 5.88 Å². The van der Waals surface area contributed by atoms with Gasteiger partial charge in [-0.3, -0.25) is 9.59 Å². The van der Waals surface area contributed by atoms with Crippen molar-refractivity contribution in [3.8, 4) is 5.88 Å². The number of nitrogens with two attached hydrogens (primary N) is 1. The van der Waals surface area contributed by atoms with E-state index < -0.39 is 27.5 Å². The lowest BCUT2D eigenvalue weighted by Gasteiger charge is -2.29. The highest BCUT2D eigenvalue weighted by atomic mass is 32.2. The highest BCUT2D eigenvalue weighted by molar-refractivity contribution is 7.89. The first-order valence-corrected chi connectivity index (χ1v) is 11.7. The molecule has 170 valence electrons. The fourth-order valence-corrected chi connectivity index (χ4v) is 5.01. The van der Waals surface area contributed by atoms with Crippen LogP contribution in [-0.4, -0.2) is 37.2 Å². The van der Waals surface area contributed by atoms with Gasteiger partial charge in [-0.05, 0) is 42.0 Å². The van der Waals surface area contributed by atoms with Crippen molar-refractivity contribution < 1.29 is 27.1 Å². The van der Waals surface area contributed by atoms with Gasteiger partial charge in [-0.25, -0.2) is 22.9 Å². The molecule has 3 heterocycles. The van der Waals surface area contributed by atoms with Gasteiger partial charge < -0.3 is 9.64 Å². The van der Waals surface area contributed by atoms with Gasteiger partial charge in [-0.2, -0.15) is 4.98 Å². The number of carbonyl (C=O) groups excluding carboxylic acids is 2. The van der Waals surface area contributed by atoms with E-state index in [2.05, 4.69) is 9.97 Å². The van der Waals surface area contributed by atoms with E-state index in [0.29, 0.717) is 22.4 Å². The predicted molar refractivity (Wildman–Crippen MR) is 116 cm³/mol. The smallest absolute Gasteiger partial charge is 0.295 e. The molecule has 33 heavy (non-hydrogen) atoms. The number of methoxy groups -OCH3 is 1. The average Bonchev–Trinajstić information content (AvgIpc) is 3.61. The SMILES string of the molecule is COc1nc2ncc3c(c2cc1F)N(Cc1ccc(S(N)(=O)=O)c(C2CC2)c1)C(=O)C(=O)C3. The number of halogens is 1. The van der Waals surface area contributed by atoms with Crippen LogP contribution in [0.2, 0.25) is 0 Å². The number of pyridine rings is 2. The quantitative estimate of drug-likeness (QED) is 0.564. The zero-order valence-electron chi connectivity index (χ0n) is 17.5. The van der Waals surface area contributed by atoms with Gasteiger partial charge in [0.15, 0.2) is 11.5 Å². The van der Waals surface area contributed by atoms with E-state index >= 15 is 0 Å². The van der Waals surface area contributed by atoms with E-state index in [1.807, 2.05) is 0 Å². The first kappa shape index (κ1) is 21.4. The molecule has 1 aliphatic carbocycles. The number of hydrogen-bond donors (Lipinski definition) is 1. The Morgan fingerprint density at radius 2 is 2.00 bits per heavy atom. The maximum absolute atomic E-state index is 14.5. The molecule has 1 aromatic carbocycles. The number of nitrogens with zero attached hydrogens (tertiary/aromatic N) is 3. The van der Waals surface area contributed by atoms with E-state index in [-0.39, 0.29) is 40.7 Å². The normalized spacial score (nSPS) is 16.3. The molecule has 1 aliphatic heterocycles. The molecule has 1 fully saturated rings. The minimum absolute atomic E-state index is 0.0189. The molecule has 2 aliphatic rings. The summed E-state index contributed by atoms with van der Waals surface area (Å²) in [6, 6.07) is 5.87. The lowest BCUT2D eigenvalue weighted by atomic mass is 9.98. The maximum atomic E-state index is 14.5. The molecule has 0 radical (unpaired) electrons. The number of amides is 1. The second-order valence-corrected chi connectivity index (χ2v) is 9.70. The largest absolute Gasteiger partial charge is 0.479 e. The predicted octanol–water partition coefficient (Wildman–Crippen LogP) is 1.96. The number of ether oxygens (including phenoxy) is 1. The molecule has 3 aromatic rings. The Kier molecular flexibility index (Phi) is 4.91. The molecule has 2 N–H and O–H groups in total. The zero-order chi connectivity index (χ0) is 23.5. The number of rotatable bonds is 5. The number of primary sulfonamides is 1. The van der Waals surface area contributed by atoms with Crippen molar-refractivity contribution in [1.29, 1.82) is 0 Å². The molecule has 0 saturated heterocycles. The van der Waals surface area contributed by atoms with Gasteiger partial charge in [-0.1, -0.05) is 12.1 Å². The van der Waals surface area contributed by atoms with Crippen LogP contribution in [0.1, 0.15) is 35.4 Å². The van der Waals surface area contributed by atoms with Crippen molar-refractivity contribution in [3.05, 3.63) is 53.0 Å². The van der Waals surface area contributed by atoms with E-state index in [1.165, 1.54) is 30.3 Å². The Bertz CT molecular complexity index is 1450. The van der Waals surface area contributed by atoms with Crippen LogP contribution in [0.15, 0.2) is 35.4 Å². The number of hydrogen-bond acceptors (Lipinski definition) is 7. The summed E-state index contributed by atoms with van der Waals surface area (Å²) in [6.45, 7) is -0.0189. The summed E-state index contributed by atoms with van der Waals surface area (Å²) in [6.07, 6.45) is 2.98. The number of fused-ring (bicyclic) bond motifs is 3. The Hall–Kier alpha value is -3.44. The number of ketones is 1. The highest BCUT2D eigenvalue weighted by Crippen LogP contribution is 2.43. The van der Waals surface area contributed by atoms with Gasteiger partial charge in [0.05, 0.1) is 24.2 Å². The second kappa shape index (κ2) is 7.56. The summed E-state index contributed by atoms with van der Waals surface area (Å²) in [7, 11) is -2.62. The second-order valence-electron chi connectivity index (χ2n) is 8.17. The molecule has 1 saturated carbocycles. The Morgan fingerprint density at radius 1 is 1.24 bits per heavy atom. The van der Waals surface area contributed by atoms with Gasteiger partial charge >= 0.3 is 0 Å². The number of anilines is 1. The first-order valence-electron chi connectivity index (χ1n) is 10.2. The molecule has 11 heteroatoms. The summed E-state index contributed by atoms with van der Waals surface area (Å²) >= 11 is 0. The van der Waals surface area contributed by atoms with E-state index in [0.717, 1.165) is 12.8 Å². The number of carbonyl (C=O) groups is 2. The van der Waals surface area contributed by atoms with Gasteiger partial charge in [0.25, 0.3) is 11.8 Å².